The number of hydrogen-bond donors (Lipinski definition) is 1. The Hall–Kier alpha value is -0.947. The van der Waals surface area contributed by atoms with Gasteiger partial charge in [0.2, 0.25) is 0 Å². The number of aromatic nitrogens is 2. The molecule has 0 spiro atoms. The van der Waals surface area contributed by atoms with Crippen LogP contribution in [-0.2, 0) is 18.3 Å². The third kappa shape index (κ3) is 1.46. The maximum absolute atomic E-state index is 4.17. The van der Waals surface area contributed by atoms with Crippen LogP contribution in [0.15, 0.2) is 36.7 Å². The fourth-order valence-corrected chi connectivity index (χ4v) is 1.58. The second-order valence-electron chi connectivity index (χ2n) is 2.63. The molecule has 0 fully saturated rings. The fraction of sp³-hybridized carbons (Fsp3) is 0. The van der Waals surface area contributed by atoms with Crippen molar-refractivity contribution in [1.29, 1.82) is 0 Å². The van der Waals surface area contributed by atoms with Gasteiger partial charge in [-0.1, -0.05) is 0 Å². The average molecular weight is 209 g/mol. The van der Waals surface area contributed by atoms with Crippen LogP contribution in [0, 0.1) is 0 Å². The zero-order chi connectivity index (χ0) is 8.39. The van der Waals surface area contributed by atoms with Gasteiger partial charge in [0, 0.05) is 0 Å². The van der Waals surface area contributed by atoms with Crippen molar-refractivity contribution in [2.75, 3.05) is 0 Å². The van der Waals surface area contributed by atoms with E-state index in [4.69, 9.17) is 0 Å². The molecule has 0 bridgehead atoms. The molecule has 0 aliphatic heterocycles. The second kappa shape index (κ2) is 3.20. The van der Waals surface area contributed by atoms with Crippen molar-refractivity contribution < 1.29 is 18.3 Å². The predicted octanol–water partition coefficient (Wildman–Crippen LogP) is 1.25. The molecule has 0 aliphatic carbocycles. The van der Waals surface area contributed by atoms with Crippen LogP contribution in [0.25, 0.3) is 11.4 Å². The van der Waals surface area contributed by atoms with Crippen LogP contribution < -0.4 is 4.16 Å². The van der Waals surface area contributed by atoms with Gasteiger partial charge in [0.1, 0.15) is 0 Å². The first-order valence-electron chi connectivity index (χ1n) is 3.78. The van der Waals surface area contributed by atoms with E-state index in [0.717, 1.165) is 11.4 Å². The summed E-state index contributed by atoms with van der Waals surface area (Å²) in [4.78, 5) is 7.24. The summed E-state index contributed by atoms with van der Waals surface area (Å²) >= 11 is 1.21. The maximum atomic E-state index is 4.17. The molecular weight excluding hydrogens is 202 g/mol. The molecule has 0 aliphatic rings. The van der Waals surface area contributed by atoms with Gasteiger partial charge in [0.05, 0.1) is 0 Å². The van der Waals surface area contributed by atoms with Gasteiger partial charge in [-0.25, -0.2) is 0 Å². The molecule has 2 aromatic rings. The van der Waals surface area contributed by atoms with E-state index in [1.165, 1.54) is 22.5 Å². The number of benzene rings is 1. The number of imidazole rings is 1. The molecule has 55 valence electrons. The molecule has 0 radical (unpaired) electrons. The van der Waals surface area contributed by atoms with E-state index in [-0.39, 0.29) is 0 Å². The quantitative estimate of drug-likeness (QED) is 0.702. The molecule has 0 unspecified atom stereocenters. The average Bonchev–Trinajstić information content (AvgIpc) is 2.58. The Bertz CT molecular complexity index is 351. The topological polar surface area (TPSA) is 28.7 Å². The zero-order valence-corrected chi connectivity index (χ0v) is 9.59. The van der Waals surface area contributed by atoms with Gasteiger partial charge in [-0.05, 0) is 0 Å². The normalized spacial score (nSPS) is 10.2. The number of nitrogens with one attached hydrogen (secondary N) is 1. The van der Waals surface area contributed by atoms with Crippen molar-refractivity contribution in [2.45, 2.75) is 0 Å². The van der Waals surface area contributed by atoms with Crippen LogP contribution in [0.3, 0.4) is 0 Å². The Morgan fingerprint density at radius 1 is 1.17 bits per heavy atom. The Labute approximate surface area is 80.7 Å². The summed E-state index contributed by atoms with van der Waals surface area (Å²) in [5.74, 6) is 0.940. The molecule has 0 saturated heterocycles. The van der Waals surface area contributed by atoms with Gasteiger partial charge < -0.3 is 0 Å². The SMILES string of the molecule is [Zn][c]1ccc(-c2ncc[nH]2)cc1. The van der Waals surface area contributed by atoms with Gasteiger partial charge in [-0.2, -0.15) is 0 Å². The van der Waals surface area contributed by atoms with Crippen molar-refractivity contribution in [2.24, 2.45) is 0 Å². The van der Waals surface area contributed by atoms with Gasteiger partial charge in [-0.3, -0.25) is 0 Å². The molecule has 1 aromatic carbocycles. The Morgan fingerprint density at radius 3 is 2.50 bits per heavy atom. The summed E-state index contributed by atoms with van der Waals surface area (Å²) in [7, 11) is 0. The van der Waals surface area contributed by atoms with Crippen molar-refractivity contribution >= 4 is 4.16 Å². The van der Waals surface area contributed by atoms with Gasteiger partial charge in [-0.15, -0.1) is 0 Å². The molecule has 3 heteroatoms. The van der Waals surface area contributed by atoms with Crippen molar-refractivity contribution in [1.82, 2.24) is 9.97 Å². The molecule has 0 saturated carbocycles. The molecule has 0 amide bonds. The van der Waals surface area contributed by atoms with Crippen LogP contribution >= 0.6 is 0 Å². The van der Waals surface area contributed by atoms with Crippen LogP contribution in [0.1, 0.15) is 0 Å². The van der Waals surface area contributed by atoms with Gasteiger partial charge in [0.25, 0.3) is 0 Å². The number of rotatable bonds is 1. The van der Waals surface area contributed by atoms with Gasteiger partial charge in [0.15, 0.2) is 0 Å². The van der Waals surface area contributed by atoms with E-state index in [2.05, 4.69) is 34.2 Å². The minimum absolute atomic E-state index is 0.940. The van der Waals surface area contributed by atoms with Crippen LogP contribution in [-0.4, -0.2) is 9.97 Å². The zero-order valence-electron chi connectivity index (χ0n) is 6.62. The molecule has 2 nitrogen and oxygen atoms in total. The summed E-state index contributed by atoms with van der Waals surface area (Å²) in [5, 5.41) is 0. The van der Waals surface area contributed by atoms with E-state index in [0.29, 0.717) is 0 Å². The van der Waals surface area contributed by atoms with Crippen LogP contribution in [0.2, 0.25) is 0 Å². The van der Waals surface area contributed by atoms with E-state index >= 15 is 0 Å². The predicted molar refractivity (Wildman–Crippen MR) is 43.7 cm³/mol. The molecule has 1 heterocycles. The molecular formula is C9H7N2Zn. The number of nitrogens with zero attached hydrogens (tertiary/aromatic N) is 1. The molecule has 2 rings (SSSR count). The molecule has 1 aromatic heterocycles. The van der Waals surface area contributed by atoms with Crippen LogP contribution in [0.5, 0.6) is 0 Å². The Kier molecular flexibility index (Phi) is 2.05. The molecule has 12 heavy (non-hydrogen) atoms. The summed E-state index contributed by atoms with van der Waals surface area (Å²) < 4.78 is 1.39. The summed E-state index contributed by atoms with van der Waals surface area (Å²) in [6.45, 7) is 0. The third-order valence-electron chi connectivity index (χ3n) is 1.73. The summed E-state index contributed by atoms with van der Waals surface area (Å²) in [5.41, 5.74) is 1.15. The van der Waals surface area contributed by atoms with E-state index < -0.39 is 0 Å². The third-order valence-corrected chi connectivity index (χ3v) is 2.71. The number of hydrogen-bond acceptors (Lipinski definition) is 1. The Morgan fingerprint density at radius 2 is 1.92 bits per heavy atom. The summed E-state index contributed by atoms with van der Waals surface area (Å²) in [6, 6.07) is 8.46. The first kappa shape index (κ1) is 7.69. The van der Waals surface area contributed by atoms with Crippen LogP contribution in [0.4, 0.5) is 0 Å². The van der Waals surface area contributed by atoms with Gasteiger partial charge >= 0.3 is 80.5 Å². The van der Waals surface area contributed by atoms with Crippen molar-refractivity contribution in [3.05, 3.63) is 36.7 Å². The van der Waals surface area contributed by atoms with E-state index in [1.807, 2.05) is 6.20 Å². The first-order chi connectivity index (χ1) is 5.86. The number of H-pyrrole nitrogens is 1. The number of aromatic amines is 1. The monoisotopic (exact) mass is 207 g/mol. The Balaban J connectivity index is 2.43. The molecule has 1 N–H and O–H groups in total. The van der Waals surface area contributed by atoms with E-state index in [1.54, 1.807) is 6.20 Å². The standard InChI is InChI=1S/C9H7N2.Zn/c1-2-4-8(5-3-1)9-10-6-7-11-9;/h2-7H,(H,10,11);. The van der Waals surface area contributed by atoms with Crippen molar-refractivity contribution in [3.63, 3.8) is 0 Å². The molecule has 0 atom stereocenters. The summed E-state index contributed by atoms with van der Waals surface area (Å²) in [6.07, 6.45) is 3.60. The van der Waals surface area contributed by atoms with E-state index in [9.17, 15) is 0 Å². The fourth-order valence-electron chi connectivity index (χ4n) is 1.09. The second-order valence-corrected chi connectivity index (χ2v) is 4.35. The first-order valence-corrected chi connectivity index (χ1v) is 5.26. The van der Waals surface area contributed by atoms with Crippen molar-refractivity contribution in [3.8, 4) is 11.4 Å². The minimum atomic E-state index is 0.940.